The molecule has 0 radical (unpaired) electrons. The molecule has 1 N–H and O–H groups in total. The van der Waals surface area contributed by atoms with Gasteiger partial charge in [0.1, 0.15) is 11.5 Å². The first-order valence-electron chi connectivity index (χ1n) is 3.53. The molecule has 4 heteroatoms. The zero-order valence-electron chi connectivity index (χ0n) is 6.24. The Morgan fingerprint density at radius 2 is 2.33 bits per heavy atom. The summed E-state index contributed by atoms with van der Waals surface area (Å²) >= 11 is 5.87. The van der Waals surface area contributed by atoms with Gasteiger partial charge in [-0.3, -0.25) is 4.40 Å². The largest absolute Gasteiger partial charge is 0.392 e. The molecule has 12 heavy (non-hydrogen) atoms. The zero-order chi connectivity index (χ0) is 8.55. The van der Waals surface area contributed by atoms with E-state index in [1.165, 1.54) is 0 Å². The molecule has 0 spiro atoms. The average Bonchev–Trinajstić information content (AvgIpc) is 2.54. The standard InChI is InChI=1S/C8H7ClN2O/c9-8-2-1-6(4-12)7-3-10-5-11(7)8/h1-3,5,12H,4H2. The second-order valence-corrected chi connectivity index (χ2v) is 2.88. The van der Waals surface area contributed by atoms with Crippen LogP contribution in [0.3, 0.4) is 0 Å². The van der Waals surface area contributed by atoms with Crippen molar-refractivity contribution in [3.8, 4) is 0 Å². The van der Waals surface area contributed by atoms with Crippen LogP contribution < -0.4 is 0 Å². The second kappa shape index (κ2) is 2.77. The lowest BCUT2D eigenvalue weighted by Crippen LogP contribution is -1.90. The first-order chi connectivity index (χ1) is 5.83. The first kappa shape index (κ1) is 7.58. The first-order valence-corrected chi connectivity index (χ1v) is 3.91. The molecule has 0 unspecified atom stereocenters. The smallest absolute Gasteiger partial charge is 0.114 e. The summed E-state index contributed by atoms with van der Waals surface area (Å²) in [5.74, 6) is 0. The number of halogens is 1. The van der Waals surface area contributed by atoms with Crippen molar-refractivity contribution in [2.24, 2.45) is 0 Å². The number of aromatic nitrogens is 2. The van der Waals surface area contributed by atoms with Gasteiger partial charge in [-0.1, -0.05) is 17.7 Å². The summed E-state index contributed by atoms with van der Waals surface area (Å²) in [4.78, 5) is 3.94. The van der Waals surface area contributed by atoms with E-state index >= 15 is 0 Å². The third-order valence-corrected chi connectivity index (χ3v) is 2.10. The monoisotopic (exact) mass is 182 g/mol. The number of hydrogen-bond acceptors (Lipinski definition) is 2. The van der Waals surface area contributed by atoms with Gasteiger partial charge in [0.25, 0.3) is 0 Å². The highest BCUT2D eigenvalue weighted by Crippen LogP contribution is 2.16. The molecule has 0 aliphatic rings. The molecule has 0 atom stereocenters. The van der Waals surface area contributed by atoms with E-state index < -0.39 is 0 Å². The van der Waals surface area contributed by atoms with Gasteiger partial charge in [-0.2, -0.15) is 0 Å². The SMILES string of the molecule is OCc1ccc(Cl)n2cncc12. The van der Waals surface area contributed by atoms with Crippen LogP contribution in [-0.2, 0) is 6.61 Å². The normalized spacial score (nSPS) is 10.8. The molecule has 0 saturated carbocycles. The van der Waals surface area contributed by atoms with Gasteiger partial charge in [0, 0.05) is 5.56 Å². The molecule has 2 aromatic heterocycles. The predicted molar refractivity (Wildman–Crippen MR) is 46.1 cm³/mol. The van der Waals surface area contributed by atoms with E-state index in [2.05, 4.69) is 4.98 Å². The maximum atomic E-state index is 8.96. The molecule has 0 aromatic carbocycles. The molecule has 2 aromatic rings. The van der Waals surface area contributed by atoms with E-state index in [0.717, 1.165) is 11.1 Å². The Labute approximate surface area is 74.2 Å². The molecule has 0 saturated heterocycles. The number of imidazole rings is 1. The van der Waals surface area contributed by atoms with Crippen LogP contribution in [0.25, 0.3) is 5.52 Å². The van der Waals surface area contributed by atoms with Crippen molar-refractivity contribution in [1.29, 1.82) is 0 Å². The number of fused-ring (bicyclic) bond motifs is 1. The summed E-state index contributed by atoms with van der Waals surface area (Å²) in [7, 11) is 0. The molecule has 0 amide bonds. The van der Waals surface area contributed by atoms with Crippen LogP contribution in [0, 0.1) is 0 Å². The van der Waals surface area contributed by atoms with Gasteiger partial charge in [0.15, 0.2) is 0 Å². The van der Waals surface area contributed by atoms with Gasteiger partial charge in [0.05, 0.1) is 18.3 Å². The third-order valence-electron chi connectivity index (χ3n) is 1.79. The third kappa shape index (κ3) is 0.983. The van der Waals surface area contributed by atoms with E-state index in [9.17, 15) is 0 Å². The van der Waals surface area contributed by atoms with E-state index in [4.69, 9.17) is 16.7 Å². The Morgan fingerprint density at radius 1 is 1.50 bits per heavy atom. The molecular weight excluding hydrogens is 176 g/mol. The summed E-state index contributed by atoms with van der Waals surface area (Å²) in [6.07, 6.45) is 3.30. The van der Waals surface area contributed by atoms with Crippen LogP contribution in [0.15, 0.2) is 24.7 Å². The second-order valence-electron chi connectivity index (χ2n) is 2.49. The maximum Gasteiger partial charge on any atom is 0.114 e. The molecule has 0 bridgehead atoms. The number of nitrogens with zero attached hydrogens (tertiary/aromatic N) is 2. The molecule has 62 valence electrons. The van der Waals surface area contributed by atoms with Crippen molar-refractivity contribution in [2.45, 2.75) is 6.61 Å². The van der Waals surface area contributed by atoms with E-state index in [0.29, 0.717) is 5.15 Å². The Balaban J connectivity index is 2.82. The summed E-state index contributed by atoms with van der Waals surface area (Å²) < 4.78 is 1.73. The molecule has 3 nitrogen and oxygen atoms in total. The number of pyridine rings is 1. The van der Waals surface area contributed by atoms with Gasteiger partial charge < -0.3 is 5.11 Å². The summed E-state index contributed by atoms with van der Waals surface area (Å²) in [6, 6.07) is 3.53. The fourth-order valence-corrected chi connectivity index (χ4v) is 1.37. The molecule has 0 aliphatic heterocycles. The van der Waals surface area contributed by atoms with Crippen LogP contribution in [0.2, 0.25) is 5.15 Å². The summed E-state index contributed by atoms with van der Waals surface area (Å²) in [5, 5.41) is 9.56. The average molecular weight is 183 g/mol. The minimum Gasteiger partial charge on any atom is -0.392 e. The van der Waals surface area contributed by atoms with Gasteiger partial charge >= 0.3 is 0 Å². The highest BCUT2D eigenvalue weighted by atomic mass is 35.5. The van der Waals surface area contributed by atoms with Crippen LogP contribution in [-0.4, -0.2) is 14.5 Å². The maximum absolute atomic E-state index is 8.96. The number of hydrogen-bond donors (Lipinski definition) is 1. The van der Waals surface area contributed by atoms with E-state index in [-0.39, 0.29) is 6.61 Å². The van der Waals surface area contributed by atoms with Crippen molar-refractivity contribution in [2.75, 3.05) is 0 Å². The van der Waals surface area contributed by atoms with Crippen LogP contribution in [0.1, 0.15) is 5.56 Å². The molecular formula is C8H7ClN2O. The topological polar surface area (TPSA) is 37.5 Å². The summed E-state index contributed by atoms with van der Waals surface area (Å²) in [6.45, 7) is 0.00631. The molecule has 2 rings (SSSR count). The molecule has 0 fully saturated rings. The van der Waals surface area contributed by atoms with E-state index in [1.807, 2.05) is 0 Å². The van der Waals surface area contributed by atoms with E-state index in [1.54, 1.807) is 29.1 Å². The van der Waals surface area contributed by atoms with Crippen molar-refractivity contribution in [1.82, 2.24) is 9.38 Å². The fraction of sp³-hybridized carbons (Fsp3) is 0.125. The van der Waals surface area contributed by atoms with Crippen LogP contribution >= 0.6 is 11.6 Å². The lowest BCUT2D eigenvalue weighted by molar-refractivity contribution is 0.283. The van der Waals surface area contributed by atoms with Crippen LogP contribution in [0.4, 0.5) is 0 Å². The molecule has 0 aliphatic carbocycles. The van der Waals surface area contributed by atoms with Crippen molar-refractivity contribution in [3.05, 3.63) is 35.4 Å². The van der Waals surface area contributed by atoms with Gasteiger partial charge in [-0.15, -0.1) is 0 Å². The van der Waals surface area contributed by atoms with Gasteiger partial charge in [0.2, 0.25) is 0 Å². The lowest BCUT2D eigenvalue weighted by atomic mass is 10.2. The predicted octanol–water partition coefficient (Wildman–Crippen LogP) is 1.48. The van der Waals surface area contributed by atoms with Gasteiger partial charge in [-0.05, 0) is 6.07 Å². The van der Waals surface area contributed by atoms with Crippen molar-refractivity contribution in [3.63, 3.8) is 0 Å². The summed E-state index contributed by atoms with van der Waals surface area (Å²) in [5.41, 5.74) is 1.68. The Hall–Kier alpha value is -1.06. The lowest BCUT2D eigenvalue weighted by Gasteiger charge is -2.01. The minimum atomic E-state index is 0.00631. The zero-order valence-corrected chi connectivity index (χ0v) is 6.99. The number of aliphatic hydroxyl groups is 1. The Bertz CT molecular complexity index is 410. The number of rotatable bonds is 1. The minimum absolute atomic E-state index is 0.00631. The highest BCUT2D eigenvalue weighted by Gasteiger charge is 2.02. The van der Waals surface area contributed by atoms with Crippen molar-refractivity contribution < 1.29 is 5.11 Å². The van der Waals surface area contributed by atoms with Gasteiger partial charge in [-0.25, -0.2) is 4.98 Å². The van der Waals surface area contributed by atoms with Crippen molar-refractivity contribution >= 4 is 17.1 Å². The van der Waals surface area contributed by atoms with Crippen LogP contribution in [0.5, 0.6) is 0 Å². The fourth-order valence-electron chi connectivity index (χ4n) is 1.17. The Kier molecular flexibility index (Phi) is 1.75. The number of aliphatic hydroxyl groups excluding tert-OH is 1. The Morgan fingerprint density at radius 3 is 3.08 bits per heavy atom. The highest BCUT2D eigenvalue weighted by molar-refractivity contribution is 6.29. The molecule has 2 heterocycles. The quantitative estimate of drug-likeness (QED) is 0.679.